The van der Waals surface area contributed by atoms with Crippen molar-refractivity contribution in [1.29, 1.82) is 0 Å². The molecule has 1 saturated carbocycles. The summed E-state index contributed by atoms with van der Waals surface area (Å²) in [4.78, 5) is 23.2. The number of hydrogen-bond donors (Lipinski definition) is 1. The number of fused-ring (bicyclic) bond motifs is 1. The van der Waals surface area contributed by atoms with Crippen molar-refractivity contribution in [2.45, 2.75) is 18.9 Å². The molecule has 1 aliphatic carbocycles. The molecular formula is C14H11ClN4O. The van der Waals surface area contributed by atoms with Crippen LogP contribution in [0.3, 0.4) is 0 Å². The van der Waals surface area contributed by atoms with Crippen LogP contribution in [0, 0.1) is 0 Å². The zero-order valence-electron chi connectivity index (χ0n) is 10.5. The molecule has 100 valence electrons. The fraction of sp³-hybridized carbons (Fsp3) is 0.214. The molecule has 0 atom stereocenters. The van der Waals surface area contributed by atoms with Crippen molar-refractivity contribution in [3.05, 3.63) is 46.0 Å². The van der Waals surface area contributed by atoms with Crippen LogP contribution in [0.1, 0.15) is 18.9 Å². The fourth-order valence-electron chi connectivity index (χ4n) is 2.40. The quantitative estimate of drug-likeness (QED) is 0.788. The van der Waals surface area contributed by atoms with Crippen molar-refractivity contribution < 1.29 is 0 Å². The van der Waals surface area contributed by atoms with E-state index in [0.29, 0.717) is 22.2 Å². The smallest absolute Gasteiger partial charge is 0.278 e. The molecule has 0 amide bonds. The molecule has 0 unspecified atom stereocenters. The van der Waals surface area contributed by atoms with Gasteiger partial charge < -0.3 is 9.55 Å². The molecule has 0 radical (unpaired) electrons. The summed E-state index contributed by atoms with van der Waals surface area (Å²) >= 11 is 5.92. The number of nitrogens with one attached hydrogen (secondary N) is 1. The Morgan fingerprint density at radius 3 is 2.70 bits per heavy atom. The van der Waals surface area contributed by atoms with Crippen LogP contribution < -0.4 is 5.56 Å². The van der Waals surface area contributed by atoms with Crippen LogP contribution in [-0.2, 0) is 0 Å². The van der Waals surface area contributed by atoms with Gasteiger partial charge in [0.1, 0.15) is 5.82 Å². The van der Waals surface area contributed by atoms with Gasteiger partial charge in [-0.15, -0.1) is 0 Å². The molecule has 1 aliphatic rings. The predicted octanol–water partition coefficient (Wildman–Crippen LogP) is 2.77. The van der Waals surface area contributed by atoms with Crippen molar-refractivity contribution in [3.8, 4) is 11.4 Å². The van der Waals surface area contributed by atoms with Crippen LogP contribution in [0.25, 0.3) is 22.6 Å². The van der Waals surface area contributed by atoms with Crippen molar-refractivity contribution in [1.82, 2.24) is 19.5 Å². The summed E-state index contributed by atoms with van der Waals surface area (Å²) < 4.78 is 2.06. The van der Waals surface area contributed by atoms with Gasteiger partial charge >= 0.3 is 0 Å². The monoisotopic (exact) mass is 286 g/mol. The van der Waals surface area contributed by atoms with Crippen LogP contribution in [-0.4, -0.2) is 19.5 Å². The largest absolute Gasteiger partial charge is 0.311 e. The number of rotatable bonds is 2. The molecule has 0 spiro atoms. The summed E-state index contributed by atoms with van der Waals surface area (Å²) in [5.74, 6) is 0.781. The van der Waals surface area contributed by atoms with E-state index in [9.17, 15) is 4.79 Å². The van der Waals surface area contributed by atoms with Crippen molar-refractivity contribution in [3.63, 3.8) is 0 Å². The summed E-state index contributed by atoms with van der Waals surface area (Å²) in [6.07, 6.45) is 3.62. The van der Waals surface area contributed by atoms with E-state index < -0.39 is 0 Å². The lowest BCUT2D eigenvalue weighted by atomic mass is 10.2. The second-order valence-corrected chi connectivity index (χ2v) is 5.38. The summed E-state index contributed by atoms with van der Waals surface area (Å²) in [6, 6.07) is 7.86. The molecular weight excluding hydrogens is 276 g/mol. The normalized spacial score (nSPS) is 14.8. The zero-order chi connectivity index (χ0) is 13.7. The van der Waals surface area contributed by atoms with Crippen molar-refractivity contribution in [2.75, 3.05) is 0 Å². The number of aromatic nitrogens is 4. The van der Waals surface area contributed by atoms with Gasteiger partial charge in [0.25, 0.3) is 5.56 Å². The van der Waals surface area contributed by atoms with Gasteiger partial charge in [0.05, 0.1) is 6.33 Å². The number of hydrogen-bond acceptors (Lipinski definition) is 3. The average Bonchev–Trinajstić information content (AvgIpc) is 3.21. The van der Waals surface area contributed by atoms with Gasteiger partial charge in [-0.25, -0.2) is 9.97 Å². The van der Waals surface area contributed by atoms with E-state index in [1.165, 1.54) is 6.33 Å². The lowest BCUT2D eigenvalue weighted by Crippen LogP contribution is -2.07. The Morgan fingerprint density at radius 2 is 2.00 bits per heavy atom. The maximum absolute atomic E-state index is 11.9. The second kappa shape index (κ2) is 4.18. The Labute approximate surface area is 119 Å². The summed E-state index contributed by atoms with van der Waals surface area (Å²) in [5.41, 5.74) is 1.79. The van der Waals surface area contributed by atoms with Crippen LogP contribution >= 0.6 is 11.6 Å². The third-order valence-corrected chi connectivity index (χ3v) is 3.75. The molecule has 1 aromatic carbocycles. The molecule has 2 aromatic heterocycles. The number of imidazole rings is 1. The first-order valence-electron chi connectivity index (χ1n) is 6.45. The third-order valence-electron chi connectivity index (χ3n) is 3.50. The van der Waals surface area contributed by atoms with Gasteiger partial charge in [0.2, 0.25) is 0 Å². The van der Waals surface area contributed by atoms with Gasteiger partial charge in [-0.3, -0.25) is 4.79 Å². The fourth-order valence-corrected chi connectivity index (χ4v) is 2.53. The predicted molar refractivity (Wildman–Crippen MR) is 76.9 cm³/mol. The Kier molecular flexibility index (Phi) is 2.44. The number of aromatic amines is 1. The van der Waals surface area contributed by atoms with Crippen molar-refractivity contribution >= 4 is 22.8 Å². The maximum atomic E-state index is 11.9. The minimum atomic E-state index is -0.204. The number of benzene rings is 1. The highest BCUT2D eigenvalue weighted by atomic mass is 35.5. The molecule has 5 nitrogen and oxygen atoms in total. The van der Waals surface area contributed by atoms with E-state index in [4.69, 9.17) is 11.6 Å². The summed E-state index contributed by atoms with van der Waals surface area (Å²) in [5, 5.41) is 0.679. The molecule has 0 bridgehead atoms. The van der Waals surface area contributed by atoms with Crippen LogP contribution in [0.15, 0.2) is 35.4 Å². The van der Waals surface area contributed by atoms with E-state index in [2.05, 4.69) is 19.5 Å². The van der Waals surface area contributed by atoms with E-state index in [1.54, 1.807) is 0 Å². The van der Waals surface area contributed by atoms with Gasteiger partial charge in [-0.05, 0) is 37.1 Å². The van der Waals surface area contributed by atoms with Gasteiger partial charge in [-0.1, -0.05) is 11.6 Å². The lowest BCUT2D eigenvalue weighted by Gasteiger charge is -2.06. The Morgan fingerprint density at radius 1 is 1.25 bits per heavy atom. The first kappa shape index (κ1) is 11.7. The van der Waals surface area contributed by atoms with E-state index in [1.807, 2.05) is 24.3 Å². The third kappa shape index (κ3) is 1.74. The van der Waals surface area contributed by atoms with Crippen LogP contribution in [0.2, 0.25) is 5.02 Å². The topological polar surface area (TPSA) is 63.6 Å². The molecule has 0 saturated heterocycles. The molecule has 4 rings (SSSR count). The molecule has 2 heterocycles. The first-order chi connectivity index (χ1) is 9.74. The molecule has 0 aliphatic heterocycles. The number of halogens is 1. The molecule has 1 N–H and O–H groups in total. The Hall–Kier alpha value is -2.14. The molecule has 1 fully saturated rings. The summed E-state index contributed by atoms with van der Waals surface area (Å²) in [6.45, 7) is 0. The van der Waals surface area contributed by atoms with Crippen LogP contribution in [0.4, 0.5) is 0 Å². The van der Waals surface area contributed by atoms with Gasteiger partial charge in [0, 0.05) is 16.6 Å². The molecule has 6 heteroatoms. The highest BCUT2D eigenvalue weighted by Gasteiger charge is 2.30. The Bertz CT molecular complexity index is 846. The second-order valence-electron chi connectivity index (χ2n) is 4.95. The number of nitrogens with zero attached hydrogens (tertiary/aromatic N) is 3. The highest BCUT2D eigenvalue weighted by molar-refractivity contribution is 6.30. The van der Waals surface area contributed by atoms with Gasteiger partial charge in [0.15, 0.2) is 11.2 Å². The zero-order valence-corrected chi connectivity index (χ0v) is 11.3. The van der Waals surface area contributed by atoms with Crippen molar-refractivity contribution in [2.24, 2.45) is 0 Å². The van der Waals surface area contributed by atoms with E-state index >= 15 is 0 Å². The average molecular weight is 287 g/mol. The van der Waals surface area contributed by atoms with E-state index in [-0.39, 0.29) is 5.56 Å². The minimum Gasteiger partial charge on any atom is -0.311 e. The minimum absolute atomic E-state index is 0.204. The Balaban J connectivity index is 2.03. The number of H-pyrrole nitrogens is 1. The lowest BCUT2D eigenvalue weighted by molar-refractivity contribution is 0.765. The van der Waals surface area contributed by atoms with Gasteiger partial charge in [-0.2, -0.15) is 0 Å². The molecule has 3 aromatic rings. The SMILES string of the molecule is O=c1[nH]cnc2c1nc(-c1ccc(Cl)cc1)n2C1CC1. The highest BCUT2D eigenvalue weighted by Crippen LogP contribution is 2.40. The maximum Gasteiger partial charge on any atom is 0.278 e. The first-order valence-corrected chi connectivity index (χ1v) is 6.83. The standard InChI is InChI=1S/C14H11ClN4O/c15-9-3-1-8(2-4-9)12-18-11-13(16-7-17-14(11)20)19(12)10-5-6-10/h1-4,7,10H,5-6H2,(H,16,17,20). The van der Waals surface area contributed by atoms with E-state index in [0.717, 1.165) is 24.2 Å². The van der Waals surface area contributed by atoms with Crippen LogP contribution in [0.5, 0.6) is 0 Å². The summed E-state index contributed by atoms with van der Waals surface area (Å²) in [7, 11) is 0. The molecule has 20 heavy (non-hydrogen) atoms.